The molecule has 6 heteroatoms. The molecule has 0 aliphatic carbocycles. The van der Waals surface area contributed by atoms with E-state index in [1.54, 1.807) is 18.2 Å². The van der Waals surface area contributed by atoms with Crippen LogP contribution in [0.2, 0.25) is 0 Å². The maximum absolute atomic E-state index is 13.5. The van der Waals surface area contributed by atoms with Gasteiger partial charge in [0.05, 0.1) is 12.2 Å². The van der Waals surface area contributed by atoms with Crippen LogP contribution in [0, 0.1) is 5.82 Å². The number of para-hydroxylation sites is 1. The molecule has 0 unspecified atom stereocenters. The normalized spacial score (nSPS) is 10.1. The minimum absolute atomic E-state index is 0.0323. The molecule has 0 radical (unpaired) electrons. The molecule has 0 aliphatic rings. The van der Waals surface area contributed by atoms with Crippen LogP contribution in [0.15, 0.2) is 48.5 Å². The summed E-state index contributed by atoms with van der Waals surface area (Å²) in [6.45, 7) is 2.05. The van der Waals surface area contributed by atoms with Crippen molar-refractivity contribution in [2.75, 3.05) is 13.2 Å². The average molecular weight is 331 g/mol. The van der Waals surface area contributed by atoms with Crippen LogP contribution in [0.25, 0.3) is 0 Å². The Kier molecular flexibility index (Phi) is 6.31. The summed E-state index contributed by atoms with van der Waals surface area (Å²) in [6.07, 6.45) is 0. The van der Waals surface area contributed by atoms with E-state index >= 15 is 0 Å². The number of rotatable bonds is 7. The van der Waals surface area contributed by atoms with Crippen LogP contribution in [0.3, 0.4) is 0 Å². The number of esters is 1. The van der Waals surface area contributed by atoms with Crippen molar-refractivity contribution in [1.82, 2.24) is 5.32 Å². The Bertz CT molecular complexity index is 718. The minimum atomic E-state index is -0.667. The second-order valence-corrected chi connectivity index (χ2v) is 4.86. The predicted octanol–water partition coefficient (Wildman–Crippen LogP) is 2.70. The zero-order valence-corrected chi connectivity index (χ0v) is 13.3. The molecule has 0 saturated heterocycles. The molecule has 2 rings (SSSR count). The molecule has 0 fully saturated rings. The fraction of sp³-hybridized carbons (Fsp3) is 0.222. The lowest BCUT2D eigenvalue weighted by Crippen LogP contribution is -2.31. The Morgan fingerprint density at radius 1 is 1.08 bits per heavy atom. The maximum atomic E-state index is 13.5. The topological polar surface area (TPSA) is 64.6 Å². The van der Waals surface area contributed by atoms with Crippen molar-refractivity contribution in [1.29, 1.82) is 0 Å². The monoisotopic (exact) mass is 331 g/mol. The standard InChI is InChI=1S/C18H18FNO4/c1-2-23-16-10-6-3-7-13(16)12-24-17(21)11-20-18(22)14-8-4-5-9-15(14)19/h3-10H,2,11-12H2,1H3,(H,20,22). The van der Waals surface area contributed by atoms with E-state index in [-0.39, 0.29) is 18.7 Å². The van der Waals surface area contributed by atoms with Crippen LogP contribution in [0.5, 0.6) is 5.75 Å². The largest absolute Gasteiger partial charge is 0.493 e. The molecule has 0 spiro atoms. The fourth-order valence-corrected chi connectivity index (χ4v) is 2.02. The van der Waals surface area contributed by atoms with Crippen molar-refractivity contribution in [2.45, 2.75) is 13.5 Å². The highest BCUT2D eigenvalue weighted by atomic mass is 19.1. The molecule has 2 aromatic carbocycles. The number of benzene rings is 2. The first-order chi connectivity index (χ1) is 11.6. The van der Waals surface area contributed by atoms with Crippen LogP contribution in [-0.2, 0) is 16.1 Å². The van der Waals surface area contributed by atoms with Crippen molar-refractivity contribution in [3.63, 3.8) is 0 Å². The lowest BCUT2D eigenvalue weighted by Gasteiger charge is -2.11. The average Bonchev–Trinajstić information content (AvgIpc) is 2.59. The number of carbonyl (C=O) groups is 2. The third-order valence-electron chi connectivity index (χ3n) is 3.17. The van der Waals surface area contributed by atoms with Gasteiger partial charge in [0.2, 0.25) is 0 Å². The molecule has 0 aliphatic heterocycles. The first kappa shape index (κ1) is 17.5. The molecule has 126 valence electrons. The lowest BCUT2D eigenvalue weighted by atomic mass is 10.2. The number of hydrogen-bond donors (Lipinski definition) is 1. The number of carbonyl (C=O) groups excluding carboxylic acids is 2. The van der Waals surface area contributed by atoms with Gasteiger partial charge in [-0.05, 0) is 25.1 Å². The van der Waals surface area contributed by atoms with Gasteiger partial charge in [0.1, 0.15) is 24.7 Å². The lowest BCUT2D eigenvalue weighted by molar-refractivity contribution is -0.143. The molecule has 24 heavy (non-hydrogen) atoms. The minimum Gasteiger partial charge on any atom is -0.493 e. The van der Waals surface area contributed by atoms with Crippen molar-refractivity contribution >= 4 is 11.9 Å². The second-order valence-electron chi connectivity index (χ2n) is 4.86. The van der Waals surface area contributed by atoms with Crippen molar-refractivity contribution in [2.24, 2.45) is 0 Å². The van der Waals surface area contributed by atoms with E-state index in [4.69, 9.17) is 9.47 Å². The molecule has 0 aromatic heterocycles. The van der Waals surface area contributed by atoms with E-state index in [0.29, 0.717) is 12.4 Å². The predicted molar refractivity (Wildman–Crippen MR) is 86.1 cm³/mol. The molecule has 5 nitrogen and oxygen atoms in total. The highest BCUT2D eigenvalue weighted by molar-refractivity contribution is 5.96. The van der Waals surface area contributed by atoms with Crippen molar-refractivity contribution in [3.05, 3.63) is 65.5 Å². The number of hydrogen-bond acceptors (Lipinski definition) is 4. The quantitative estimate of drug-likeness (QED) is 0.792. The van der Waals surface area contributed by atoms with Crippen LogP contribution in [-0.4, -0.2) is 25.0 Å². The summed E-state index contributed by atoms with van der Waals surface area (Å²) in [7, 11) is 0. The van der Waals surface area contributed by atoms with Crippen molar-refractivity contribution in [3.8, 4) is 5.75 Å². The molecule has 0 heterocycles. The Morgan fingerprint density at radius 2 is 1.79 bits per heavy atom. The highest BCUT2D eigenvalue weighted by Gasteiger charge is 2.13. The van der Waals surface area contributed by atoms with E-state index in [1.165, 1.54) is 18.2 Å². The Hall–Kier alpha value is -2.89. The smallest absolute Gasteiger partial charge is 0.325 e. The summed E-state index contributed by atoms with van der Waals surface area (Å²) < 4.78 is 24.0. The first-order valence-electron chi connectivity index (χ1n) is 7.51. The molecule has 1 N–H and O–H groups in total. The second kappa shape index (κ2) is 8.67. The van der Waals surface area contributed by atoms with E-state index in [0.717, 1.165) is 5.56 Å². The summed E-state index contributed by atoms with van der Waals surface area (Å²) in [5.74, 6) is -1.29. The van der Waals surface area contributed by atoms with Crippen molar-refractivity contribution < 1.29 is 23.5 Å². The summed E-state index contributed by atoms with van der Waals surface area (Å²) in [6, 6.07) is 12.8. The molecule has 2 aromatic rings. The van der Waals surface area contributed by atoms with Gasteiger partial charge in [0.15, 0.2) is 0 Å². The van der Waals surface area contributed by atoms with Gasteiger partial charge in [-0.25, -0.2) is 4.39 Å². The molecule has 0 saturated carbocycles. The van der Waals surface area contributed by atoms with Crippen LogP contribution in [0.1, 0.15) is 22.8 Å². The van der Waals surface area contributed by atoms with Crippen LogP contribution < -0.4 is 10.1 Å². The highest BCUT2D eigenvalue weighted by Crippen LogP contribution is 2.18. The summed E-state index contributed by atoms with van der Waals surface area (Å²) >= 11 is 0. The van der Waals surface area contributed by atoms with Gasteiger partial charge in [-0.3, -0.25) is 9.59 Å². The van der Waals surface area contributed by atoms with E-state index < -0.39 is 17.7 Å². The number of ether oxygens (including phenoxy) is 2. The summed E-state index contributed by atoms with van der Waals surface area (Å²) in [4.78, 5) is 23.5. The van der Waals surface area contributed by atoms with Crippen LogP contribution >= 0.6 is 0 Å². The van der Waals surface area contributed by atoms with E-state index in [9.17, 15) is 14.0 Å². The van der Waals surface area contributed by atoms with Gasteiger partial charge in [0, 0.05) is 5.56 Å². The molecule has 0 bridgehead atoms. The van der Waals surface area contributed by atoms with Gasteiger partial charge < -0.3 is 14.8 Å². The number of nitrogens with one attached hydrogen (secondary N) is 1. The molecule has 0 atom stereocenters. The Morgan fingerprint density at radius 3 is 2.54 bits per heavy atom. The summed E-state index contributed by atoms with van der Waals surface area (Å²) in [5, 5.41) is 2.33. The fourth-order valence-electron chi connectivity index (χ4n) is 2.02. The number of amides is 1. The third kappa shape index (κ3) is 4.81. The Balaban J connectivity index is 1.84. The molecule has 1 amide bonds. The third-order valence-corrected chi connectivity index (χ3v) is 3.17. The Labute approximate surface area is 139 Å². The van der Waals surface area contributed by atoms with Gasteiger partial charge in [-0.1, -0.05) is 30.3 Å². The van der Waals surface area contributed by atoms with Gasteiger partial charge in [-0.15, -0.1) is 0 Å². The first-order valence-corrected chi connectivity index (χ1v) is 7.51. The van der Waals surface area contributed by atoms with E-state index in [2.05, 4.69) is 5.32 Å². The zero-order valence-electron chi connectivity index (χ0n) is 13.3. The number of halogens is 1. The maximum Gasteiger partial charge on any atom is 0.325 e. The summed E-state index contributed by atoms with van der Waals surface area (Å²) in [5.41, 5.74) is 0.611. The SMILES string of the molecule is CCOc1ccccc1COC(=O)CNC(=O)c1ccccc1F. The van der Waals surface area contributed by atoms with Gasteiger partial charge in [0.25, 0.3) is 5.91 Å². The van der Waals surface area contributed by atoms with Gasteiger partial charge in [-0.2, -0.15) is 0 Å². The van der Waals surface area contributed by atoms with Gasteiger partial charge >= 0.3 is 5.97 Å². The van der Waals surface area contributed by atoms with E-state index in [1.807, 2.05) is 19.1 Å². The van der Waals surface area contributed by atoms with Crippen LogP contribution in [0.4, 0.5) is 4.39 Å². The zero-order chi connectivity index (χ0) is 17.4. The molecular formula is C18H18FNO4. The molecular weight excluding hydrogens is 313 g/mol.